The number of hydrogen-bond acceptors (Lipinski definition) is 4. The molecule has 0 unspecified atom stereocenters. The van der Waals surface area contributed by atoms with Gasteiger partial charge < -0.3 is 20.2 Å². The summed E-state index contributed by atoms with van der Waals surface area (Å²) in [7, 11) is 0. The fourth-order valence-corrected chi connectivity index (χ4v) is 3.25. The molecule has 1 aliphatic rings. The summed E-state index contributed by atoms with van der Waals surface area (Å²) in [6, 6.07) is 10.9. The van der Waals surface area contributed by atoms with E-state index in [1.807, 2.05) is 6.07 Å². The first-order chi connectivity index (χ1) is 12.0. The van der Waals surface area contributed by atoms with Crippen molar-refractivity contribution in [3.05, 3.63) is 59.4 Å². The summed E-state index contributed by atoms with van der Waals surface area (Å²) in [6.45, 7) is 0.824. The van der Waals surface area contributed by atoms with Crippen molar-refractivity contribution in [1.82, 2.24) is 4.90 Å². The van der Waals surface area contributed by atoms with E-state index in [0.29, 0.717) is 37.1 Å². The monoisotopic (exact) mass is 345 g/mol. The van der Waals surface area contributed by atoms with Crippen LogP contribution in [0, 0.1) is 5.82 Å². The second kappa shape index (κ2) is 7.11. The minimum atomic E-state index is -1.20. The number of amides is 1. The third kappa shape index (κ3) is 3.58. The molecule has 1 aliphatic heterocycles. The molecule has 1 fully saturated rings. The molecule has 132 valence electrons. The van der Waals surface area contributed by atoms with Crippen molar-refractivity contribution in [2.75, 3.05) is 13.1 Å². The Hall–Kier alpha value is -2.60. The summed E-state index contributed by atoms with van der Waals surface area (Å²) in [5.41, 5.74) is 0.985. The Morgan fingerprint density at radius 2 is 1.72 bits per heavy atom. The highest BCUT2D eigenvalue weighted by Gasteiger charge is 2.29. The topological polar surface area (TPSA) is 81.0 Å². The molecule has 0 bridgehead atoms. The largest absolute Gasteiger partial charge is 0.508 e. The highest BCUT2D eigenvalue weighted by atomic mass is 19.1. The van der Waals surface area contributed by atoms with Gasteiger partial charge in [0.25, 0.3) is 5.91 Å². The van der Waals surface area contributed by atoms with E-state index in [1.54, 1.807) is 29.2 Å². The number of phenolic OH excluding ortho intramolecular Hbond substituents is 2. The predicted octanol–water partition coefficient (Wildman–Crippen LogP) is 2.68. The Morgan fingerprint density at radius 3 is 2.36 bits per heavy atom. The number of likely N-dealkylation sites (tertiary alicyclic amines) is 1. The van der Waals surface area contributed by atoms with Crippen LogP contribution in [0.1, 0.15) is 36.0 Å². The number of hydrogen-bond donors (Lipinski definition) is 3. The van der Waals surface area contributed by atoms with E-state index in [2.05, 4.69) is 0 Å². The van der Waals surface area contributed by atoms with E-state index in [0.717, 1.165) is 12.1 Å². The first kappa shape index (κ1) is 17.2. The molecular weight excluding hydrogens is 325 g/mol. The van der Waals surface area contributed by atoms with Gasteiger partial charge in [-0.05, 0) is 30.4 Å². The number of aromatic hydroxyl groups is 2. The third-order valence-electron chi connectivity index (χ3n) is 4.69. The van der Waals surface area contributed by atoms with Crippen LogP contribution in [-0.2, 0) is 4.79 Å². The van der Waals surface area contributed by atoms with Crippen molar-refractivity contribution >= 4 is 5.91 Å². The Balaban J connectivity index is 1.66. The maximum Gasteiger partial charge on any atom is 0.256 e. The molecule has 5 nitrogen and oxygen atoms in total. The van der Waals surface area contributed by atoms with Gasteiger partial charge in [0.05, 0.1) is 0 Å². The zero-order valence-electron chi connectivity index (χ0n) is 13.6. The van der Waals surface area contributed by atoms with Crippen LogP contribution in [0.25, 0.3) is 0 Å². The van der Waals surface area contributed by atoms with Crippen molar-refractivity contribution in [1.29, 1.82) is 0 Å². The molecule has 2 aromatic rings. The van der Waals surface area contributed by atoms with Crippen LogP contribution < -0.4 is 0 Å². The number of carbonyl (C=O) groups is 1. The second-order valence-electron chi connectivity index (χ2n) is 6.28. The zero-order valence-corrected chi connectivity index (χ0v) is 13.6. The quantitative estimate of drug-likeness (QED) is 0.799. The van der Waals surface area contributed by atoms with Crippen LogP contribution in [-0.4, -0.2) is 39.2 Å². The lowest BCUT2D eigenvalue weighted by Crippen LogP contribution is -2.40. The van der Waals surface area contributed by atoms with Gasteiger partial charge in [0.2, 0.25) is 0 Å². The van der Waals surface area contributed by atoms with Gasteiger partial charge in [-0.2, -0.15) is 0 Å². The fourth-order valence-electron chi connectivity index (χ4n) is 3.25. The van der Waals surface area contributed by atoms with Gasteiger partial charge in [-0.3, -0.25) is 4.79 Å². The maximum absolute atomic E-state index is 13.6. The van der Waals surface area contributed by atoms with Gasteiger partial charge in [0.15, 0.2) is 17.7 Å². The summed E-state index contributed by atoms with van der Waals surface area (Å²) in [4.78, 5) is 14.0. The van der Waals surface area contributed by atoms with Gasteiger partial charge in [0, 0.05) is 24.7 Å². The lowest BCUT2D eigenvalue weighted by Gasteiger charge is -2.33. The van der Waals surface area contributed by atoms with Gasteiger partial charge in [-0.15, -0.1) is 0 Å². The number of rotatable bonds is 3. The molecule has 1 amide bonds. The number of phenols is 2. The molecule has 0 aromatic heterocycles. The Bertz CT molecular complexity index is 758. The van der Waals surface area contributed by atoms with Crippen LogP contribution >= 0.6 is 0 Å². The standard InChI is InChI=1S/C19H20FNO4/c20-15-10-14(16(22)11-17(15)23)12-6-8-21(9-7-12)19(25)18(24)13-4-2-1-3-5-13/h1-5,10-12,18,22-24H,6-9H2/t18-/m0/s1. The molecule has 0 saturated carbocycles. The molecular formula is C19H20FNO4. The molecule has 1 atom stereocenters. The van der Waals surface area contributed by atoms with Crippen LogP contribution in [0.4, 0.5) is 4.39 Å². The summed E-state index contributed by atoms with van der Waals surface area (Å²) >= 11 is 0. The zero-order chi connectivity index (χ0) is 18.0. The average Bonchev–Trinajstić information content (AvgIpc) is 2.64. The Labute approximate surface area is 145 Å². The van der Waals surface area contributed by atoms with Gasteiger partial charge in [0.1, 0.15) is 5.75 Å². The number of nitrogens with zero attached hydrogens (tertiary/aromatic N) is 1. The number of halogens is 1. The second-order valence-corrected chi connectivity index (χ2v) is 6.28. The molecule has 0 aliphatic carbocycles. The third-order valence-corrected chi connectivity index (χ3v) is 4.69. The van der Waals surface area contributed by atoms with E-state index in [1.165, 1.54) is 0 Å². The Morgan fingerprint density at radius 1 is 1.08 bits per heavy atom. The first-order valence-corrected chi connectivity index (χ1v) is 8.20. The molecule has 2 aromatic carbocycles. The summed E-state index contributed by atoms with van der Waals surface area (Å²) < 4.78 is 13.6. The highest BCUT2D eigenvalue weighted by Crippen LogP contribution is 2.37. The number of carbonyl (C=O) groups excluding carboxylic acids is 1. The van der Waals surface area contributed by atoms with Crippen LogP contribution in [0.3, 0.4) is 0 Å². The molecule has 3 rings (SSSR count). The smallest absolute Gasteiger partial charge is 0.256 e. The fraction of sp³-hybridized carbons (Fsp3) is 0.316. The van der Waals surface area contributed by atoms with Crippen molar-refractivity contribution in [2.24, 2.45) is 0 Å². The maximum atomic E-state index is 13.6. The molecule has 1 heterocycles. The van der Waals surface area contributed by atoms with Gasteiger partial charge >= 0.3 is 0 Å². The lowest BCUT2D eigenvalue weighted by molar-refractivity contribution is -0.141. The number of piperidine rings is 1. The van der Waals surface area contributed by atoms with E-state index in [9.17, 15) is 24.5 Å². The molecule has 0 spiro atoms. The Kier molecular flexibility index (Phi) is 4.90. The SMILES string of the molecule is O=C([C@@H](O)c1ccccc1)N1CCC(c2cc(F)c(O)cc2O)CC1. The molecule has 0 radical (unpaired) electrons. The summed E-state index contributed by atoms with van der Waals surface area (Å²) in [5, 5.41) is 29.5. The van der Waals surface area contributed by atoms with Crippen molar-refractivity contribution in [3.63, 3.8) is 0 Å². The average molecular weight is 345 g/mol. The lowest BCUT2D eigenvalue weighted by atomic mass is 9.88. The van der Waals surface area contributed by atoms with Crippen LogP contribution in [0.15, 0.2) is 42.5 Å². The normalized spacial score (nSPS) is 16.6. The number of aliphatic hydroxyl groups is 1. The van der Waals surface area contributed by atoms with E-state index >= 15 is 0 Å². The van der Waals surface area contributed by atoms with Crippen LogP contribution in [0.2, 0.25) is 0 Å². The van der Waals surface area contributed by atoms with Crippen molar-refractivity contribution < 1.29 is 24.5 Å². The molecule has 6 heteroatoms. The summed E-state index contributed by atoms with van der Waals surface area (Å²) in [6.07, 6.45) is -0.104. The summed E-state index contributed by atoms with van der Waals surface area (Å²) in [5.74, 6) is -1.96. The number of benzene rings is 2. The van der Waals surface area contributed by atoms with Crippen molar-refractivity contribution in [2.45, 2.75) is 24.9 Å². The van der Waals surface area contributed by atoms with Crippen molar-refractivity contribution in [3.8, 4) is 11.5 Å². The van der Waals surface area contributed by atoms with E-state index < -0.39 is 17.7 Å². The molecule has 1 saturated heterocycles. The van der Waals surface area contributed by atoms with E-state index in [4.69, 9.17) is 0 Å². The molecule has 25 heavy (non-hydrogen) atoms. The van der Waals surface area contributed by atoms with Crippen LogP contribution in [0.5, 0.6) is 11.5 Å². The van der Waals surface area contributed by atoms with E-state index in [-0.39, 0.29) is 17.6 Å². The molecule has 3 N–H and O–H groups in total. The number of aliphatic hydroxyl groups excluding tert-OH is 1. The minimum Gasteiger partial charge on any atom is -0.508 e. The van der Waals surface area contributed by atoms with Gasteiger partial charge in [-0.25, -0.2) is 4.39 Å². The highest BCUT2D eigenvalue weighted by molar-refractivity contribution is 5.82. The van der Waals surface area contributed by atoms with Gasteiger partial charge in [-0.1, -0.05) is 30.3 Å². The predicted molar refractivity (Wildman–Crippen MR) is 89.7 cm³/mol. The minimum absolute atomic E-state index is 0.104. The first-order valence-electron chi connectivity index (χ1n) is 8.20.